The van der Waals surface area contributed by atoms with Gasteiger partial charge in [-0.1, -0.05) is 19.8 Å². The standard InChI is InChI=1S/C12H27NO2/c1-4-5-7-12(10-11(2)14)13-8-6-9-15-3/h11-14H,4-10H2,1-3H3. The minimum absolute atomic E-state index is 0.207. The Kier molecular flexibility index (Phi) is 10.3. The lowest BCUT2D eigenvalue weighted by atomic mass is 10.0. The van der Waals surface area contributed by atoms with Crippen LogP contribution >= 0.6 is 0 Å². The van der Waals surface area contributed by atoms with Gasteiger partial charge in [0.15, 0.2) is 0 Å². The number of hydrogen-bond acceptors (Lipinski definition) is 3. The summed E-state index contributed by atoms with van der Waals surface area (Å²) in [4.78, 5) is 0. The van der Waals surface area contributed by atoms with E-state index in [1.54, 1.807) is 7.11 Å². The molecule has 15 heavy (non-hydrogen) atoms. The summed E-state index contributed by atoms with van der Waals surface area (Å²) in [6.07, 6.45) is 5.30. The summed E-state index contributed by atoms with van der Waals surface area (Å²) in [5.74, 6) is 0. The van der Waals surface area contributed by atoms with Gasteiger partial charge in [0, 0.05) is 19.8 Å². The first-order chi connectivity index (χ1) is 7.20. The third-order valence-corrected chi connectivity index (χ3v) is 2.49. The first-order valence-electron chi connectivity index (χ1n) is 6.11. The Morgan fingerprint density at radius 1 is 1.33 bits per heavy atom. The van der Waals surface area contributed by atoms with Gasteiger partial charge in [-0.3, -0.25) is 0 Å². The molecule has 0 aliphatic heterocycles. The normalized spacial score (nSPS) is 15.2. The van der Waals surface area contributed by atoms with Crippen LogP contribution in [0.15, 0.2) is 0 Å². The van der Waals surface area contributed by atoms with E-state index in [2.05, 4.69) is 12.2 Å². The molecular weight excluding hydrogens is 190 g/mol. The van der Waals surface area contributed by atoms with Crippen molar-refractivity contribution in [2.45, 2.75) is 58.1 Å². The minimum atomic E-state index is -0.207. The van der Waals surface area contributed by atoms with E-state index in [0.717, 1.165) is 32.4 Å². The molecule has 2 atom stereocenters. The molecule has 0 aromatic rings. The van der Waals surface area contributed by atoms with Crippen LogP contribution in [0.4, 0.5) is 0 Å². The predicted octanol–water partition coefficient (Wildman–Crippen LogP) is 1.94. The van der Waals surface area contributed by atoms with Crippen molar-refractivity contribution in [3.63, 3.8) is 0 Å². The van der Waals surface area contributed by atoms with Gasteiger partial charge < -0.3 is 15.2 Å². The highest BCUT2D eigenvalue weighted by Crippen LogP contribution is 2.07. The number of nitrogens with one attached hydrogen (secondary N) is 1. The van der Waals surface area contributed by atoms with E-state index in [-0.39, 0.29) is 6.10 Å². The van der Waals surface area contributed by atoms with Gasteiger partial charge in [-0.15, -0.1) is 0 Å². The fourth-order valence-electron chi connectivity index (χ4n) is 1.69. The maximum absolute atomic E-state index is 9.36. The molecule has 0 radical (unpaired) electrons. The van der Waals surface area contributed by atoms with Crippen LogP contribution in [0, 0.1) is 0 Å². The minimum Gasteiger partial charge on any atom is -0.393 e. The fraction of sp³-hybridized carbons (Fsp3) is 1.00. The van der Waals surface area contributed by atoms with Crippen LogP contribution < -0.4 is 5.32 Å². The second-order valence-electron chi connectivity index (χ2n) is 4.22. The maximum atomic E-state index is 9.36. The lowest BCUT2D eigenvalue weighted by Gasteiger charge is -2.19. The first-order valence-corrected chi connectivity index (χ1v) is 6.11. The van der Waals surface area contributed by atoms with Crippen molar-refractivity contribution < 1.29 is 9.84 Å². The molecule has 0 fully saturated rings. The fourth-order valence-corrected chi connectivity index (χ4v) is 1.69. The number of methoxy groups -OCH3 is 1. The third-order valence-electron chi connectivity index (χ3n) is 2.49. The molecule has 0 bridgehead atoms. The molecule has 0 aliphatic rings. The molecule has 3 nitrogen and oxygen atoms in total. The van der Waals surface area contributed by atoms with E-state index in [1.807, 2.05) is 6.92 Å². The zero-order valence-electron chi connectivity index (χ0n) is 10.5. The van der Waals surface area contributed by atoms with Crippen LogP contribution in [0.25, 0.3) is 0 Å². The Morgan fingerprint density at radius 2 is 2.07 bits per heavy atom. The van der Waals surface area contributed by atoms with Crippen LogP contribution in [-0.4, -0.2) is 37.5 Å². The van der Waals surface area contributed by atoms with E-state index < -0.39 is 0 Å². The van der Waals surface area contributed by atoms with Gasteiger partial charge in [0.25, 0.3) is 0 Å². The quantitative estimate of drug-likeness (QED) is 0.550. The molecule has 0 spiro atoms. The van der Waals surface area contributed by atoms with Crippen molar-refractivity contribution in [3.8, 4) is 0 Å². The summed E-state index contributed by atoms with van der Waals surface area (Å²) in [6.45, 7) is 5.84. The molecule has 3 heteroatoms. The predicted molar refractivity (Wildman–Crippen MR) is 64.1 cm³/mol. The summed E-state index contributed by atoms with van der Waals surface area (Å²) in [6, 6.07) is 0.460. The number of aliphatic hydroxyl groups excluding tert-OH is 1. The highest BCUT2D eigenvalue weighted by Gasteiger charge is 2.09. The lowest BCUT2D eigenvalue weighted by molar-refractivity contribution is 0.161. The van der Waals surface area contributed by atoms with Crippen molar-refractivity contribution >= 4 is 0 Å². The molecule has 0 saturated carbocycles. The second kappa shape index (κ2) is 10.4. The van der Waals surface area contributed by atoms with Gasteiger partial charge in [-0.05, 0) is 32.7 Å². The van der Waals surface area contributed by atoms with Gasteiger partial charge in [0.05, 0.1) is 6.10 Å². The molecule has 2 N–H and O–H groups in total. The monoisotopic (exact) mass is 217 g/mol. The van der Waals surface area contributed by atoms with E-state index in [0.29, 0.717) is 6.04 Å². The molecule has 2 unspecified atom stereocenters. The van der Waals surface area contributed by atoms with Gasteiger partial charge >= 0.3 is 0 Å². The number of unbranched alkanes of at least 4 members (excludes halogenated alkanes) is 1. The van der Waals surface area contributed by atoms with Crippen molar-refractivity contribution in [2.24, 2.45) is 0 Å². The Hall–Kier alpha value is -0.120. The lowest BCUT2D eigenvalue weighted by Crippen LogP contribution is -2.33. The highest BCUT2D eigenvalue weighted by molar-refractivity contribution is 4.69. The third kappa shape index (κ3) is 10.2. The van der Waals surface area contributed by atoms with Crippen molar-refractivity contribution in [1.29, 1.82) is 0 Å². The largest absolute Gasteiger partial charge is 0.393 e. The second-order valence-corrected chi connectivity index (χ2v) is 4.22. The summed E-state index contributed by atoms with van der Waals surface area (Å²) in [7, 11) is 1.73. The summed E-state index contributed by atoms with van der Waals surface area (Å²) >= 11 is 0. The van der Waals surface area contributed by atoms with Gasteiger partial charge in [-0.2, -0.15) is 0 Å². The van der Waals surface area contributed by atoms with Crippen molar-refractivity contribution in [2.75, 3.05) is 20.3 Å². The van der Waals surface area contributed by atoms with Crippen LogP contribution in [0.3, 0.4) is 0 Å². The van der Waals surface area contributed by atoms with Gasteiger partial charge in [0.2, 0.25) is 0 Å². The van der Waals surface area contributed by atoms with Gasteiger partial charge in [0.1, 0.15) is 0 Å². The zero-order valence-corrected chi connectivity index (χ0v) is 10.5. The van der Waals surface area contributed by atoms with Gasteiger partial charge in [-0.25, -0.2) is 0 Å². The molecule has 0 amide bonds. The summed E-state index contributed by atoms with van der Waals surface area (Å²) in [5.41, 5.74) is 0. The zero-order chi connectivity index (χ0) is 11.5. The Labute approximate surface area is 94.2 Å². The number of ether oxygens (including phenoxy) is 1. The maximum Gasteiger partial charge on any atom is 0.0526 e. The first kappa shape index (κ1) is 14.9. The van der Waals surface area contributed by atoms with Crippen molar-refractivity contribution in [3.05, 3.63) is 0 Å². The van der Waals surface area contributed by atoms with Crippen LogP contribution in [0.5, 0.6) is 0 Å². The van der Waals surface area contributed by atoms with Crippen LogP contribution in [-0.2, 0) is 4.74 Å². The average Bonchev–Trinajstić information content (AvgIpc) is 2.19. The van der Waals surface area contributed by atoms with Crippen LogP contribution in [0.1, 0.15) is 46.0 Å². The number of hydrogen-bond donors (Lipinski definition) is 2. The Balaban J connectivity index is 3.59. The van der Waals surface area contributed by atoms with Crippen molar-refractivity contribution in [1.82, 2.24) is 5.32 Å². The molecule has 0 aromatic carbocycles. The SMILES string of the molecule is CCCCC(CC(C)O)NCCCOC. The van der Waals surface area contributed by atoms with E-state index in [4.69, 9.17) is 4.74 Å². The summed E-state index contributed by atoms with van der Waals surface area (Å²) < 4.78 is 5.00. The molecule has 0 aromatic heterocycles. The van der Waals surface area contributed by atoms with E-state index >= 15 is 0 Å². The van der Waals surface area contributed by atoms with Crippen LogP contribution in [0.2, 0.25) is 0 Å². The molecule has 0 rings (SSSR count). The molecular formula is C12H27NO2. The summed E-state index contributed by atoms with van der Waals surface area (Å²) in [5, 5.41) is 12.8. The Morgan fingerprint density at radius 3 is 2.60 bits per heavy atom. The molecule has 0 heterocycles. The topological polar surface area (TPSA) is 41.5 Å². The number of aliphatic hydroxyl groups is 1. The van der Waals surface area contributed by atoms with E-state index in [1.165, 1.54) is 12.8 Å². The highest BCUT2D eigenvalue weighted by atomic mass is 16.5. The average molecular weight is 217 g/mol. The number of rotatable bonds is 10. The molecule has 0 saturated heterocycles. The van der Waals surface area contributed by atoms with E-state index in [9.17, 15) is 5.11 Å². The molecule has 92 valence electrons. The smallest absolute Gasteiger partial charge is 0.0526 e. The Bertz CT molecular complexity index is 129. The molecule has 0 aliphatic carbocycles.